The number of para-hydroxylation sites is 3. The molecule has 9 rings (SSSR count). The number of hydrogen-bond donors (Lipinski definition) is 0. The third-order valence-corrected chi connectivity index (χ3v) is 10.1. The molecule has 1 aliphatic carbocycles. The predicted molar refractivity (Wildman–Crippen MR) is 199 cm³/mol. The molecule has 0 bridgehead atoms. The summed E-state index contributed by atoms with van der Waals surface area (Å²) in [5.74, 6) is 0.301. The number of aromatic nitrogens is 1. The topological polar surface area (TPSA) is 55.8 Å². The van der Waals surface area contributed by atoms with Crippen molar-refractivity contribution in [1.82, 2.24) is 4.57 Å². The summed E-state index contributed by atoms with van der Waals surface area (Å²) in [5.41, 5.74) is 12.5. The summed E-state index contributed by atoms with van der Waals surface area (Å²) in [4.78, 5) is 2.47. The van der Waals surface area contributed by atoms with Crippen LogP contribution in [0, 0.1) is 29.6 Å². The van der Waals surface area contributed by atoms with Gasteiger partial charge in [0.25, 0.3) is 0 Å². The molecule has 0 saturated carbocycles. The summed E-state index contributed by atoms with van der Waals surface area (Å²) in [6, 6.07) is 49.0. The Bertz CT molecular complexity index is 2520. The quantitative estimate of drug-likeness (QED) is 0.195. The minimum atomic E-state index is 0.201. The van der Waals surface area contributed by atoms with E-state index >= 15 is 0 Å². The van der Waals surface area contributed by atoms with Crippen molar-refractivity contribution in [2.75, 3.05) is 4.90 Å². The lowest BCUT2D eigenvalue weighted by atomic mass is 9.90. The number of allylic oxidation sites excluding steroid dienone is 2. The van der Waals surface area contributed by atoms with Crippen LogP contribution in [0.25, 0.3) is 49.7 Å². The zero-order valence-electron chi connectivity index (χ0n) is 26.9. The van der Waals surface area contributed by atoms with Crippen molar-refractivity contribution >= 4 is 33.2 Å². The zero-order valence-corrected chi connectivity index (χ0v) is 26.9. The molecule has 0 spiro atoms. The van der Waals surface area contributed by atoms with Gasteiger partial charge in [0.1, 0.15) is 0 Å². The van der Waals surface area contributed by atoms with E-state index in [1.165, 1.54) is 16.8 Å². The Morgan fingerprint density at radius 3 is 1.90 bits per heavy atom. The second-order valence-corrected chi connectivity index (χ2v) is 12.8. The normalized spacial score (nSPS) is 16.0. The molecule has 7 aromatic rings. The molecule has 0 saturated heterocycles. The van der Waals surface area contributed by atoms with Gasteiger partial charge in [0, 0.05) is 44.9 Å². The summed E-state index contributed by atoms with van der Waals surface area (Å²) in [5, 5.41) is 23.2. The summed E-state index contributed by atoms with van der Waals surface area (Å²) in [6.07, 6.45) is 8.92. The first-order valence-corrected chi connectivity index (χ1v) is 16.6. The van der Waals surface area contributed by atoms with E-state index in [4.69, 9.17) is 0 Å². The van der Waals surface area contributed by atoms with Gasteiger partial charge in [0.2, 0.25) is 0 Å². The maximum absolute atomic E-state index is 10.4. The number of nitriles is 2. The molecule has 0 N–H and O–H groups in total. The maximum atomic E-state index is 10.4. The van der Waals surface area contributed by atoms with Crippen molar-refractivity contribution < 1.29 is 0 Å². The van der Waals surface area contributed by atoms with E-state index in [1.807, 2.05) is 48.5 Å². The van der Waals surface area contributed by atoms with E-state index in [0.717, 1.165) is 49.9 Å². The highest BCUT2D eigenvalue weighted by Gasteiger charge is 2.38. The van der Waals surface area contributed by atoms with Crippen LogP contribution in [0.5, 0.6) is 0 Å². The number of anilines is 2. The van der Waals surface area contributed by atoms with E-state index in [1.54, 1.807) is 0 Å². The van der Waals surface area contributed by atoms with Crippen LogP contribution >= 0.6 is 0 Å². The summed E-state index contributed by atoms with van der Waals surface area (Å²) in [7, 11) is 0. The Morgan fingerprint density at radius 1 is 0.592 bits per heavy atom. The fourth-order valence-electron chi connectivity index (χ4n) is 7.93. The molecule has 2 aliphatic rings. The van der Waals surface area contributed by atoms with E-state index in [-0.39, 0.29) is 6.04 Å². The summed E-state index contributed by atoms with van der Waals surface area (Å²) >= 11 is 0. The van der Waals surface area contributed by atoms with Crippen LogP contribution in [-0.2, 0) is 0 Å². The second kappa shape index (κ2) is 11.3. The zero-order chi connectivity index (χ0) is 33.1. The molecule has 230 valence electrons. The van der Waals surface area contributed by atoms with Crippen molar-refractivity contribution in [2.45, 2.75) is 18.9 Å². The smallest absolute Gasteiger partial charge is 0.0999 e. The molecule has 0 amide bonds. The number of fused-ring (bicyclic) bond motifs is 6. The van der Waals surface area contributed by atoms with Gasteiger partial charge in [-0.05, 0) is 60.0 Å². The second-order valence-electron chi connectivity index (χ2n) is 12.8. The summed E-state index contributed by atoms with van der Waals surface area (Å²) < 4.78 is 2.15. The van der Waals surface area contributed by atoms with Gasteiger partial charge < -0.3 is 9.47 Å². The van der Waals surface area contributed by atoms with Crippen LogP contribution in [0.15, 0.2) is 152 Å². The molecule has 4 heteroatoms. The number of aryl methyl sites for hydroxylation is 1. The SMILES string of the molecule is Cc1ccc2c(c1)C1C=CC=CC1N2c1ccccc1-c1ccc(-c2c(C#N)cc(-n3c4ccccc4c4ccccc43)cc2C#N)cc1. The first-order valence-electron chi connectivity index (χ1n) is 16.6. The highest BCUT2D eigenvalue weighted by Crippen LogP contribution is 2.50. The van der Waals surface area contributed by atoms with Crippen molar-refractivity contribution in [3.05, 3.63) is 174 Å². The number of hydrogen-bond acceptors (Lipinski definition) is 3. The van der Waals surface area contributed by atoms with E-state index < -0.39 is 0 Å². The van der Waals surface area contributed by atoms with Crippen LogP contribution in [0.1, 0.15) is 28.2 Å². The Morgan fingerprint density at radius 2 is 1.20 bits per heavy atom. The van der Waals surface area contributed by atoms with Crippen LogP contribution in [0.2, 0.25) is 0 Å². The molecule has 2 atom stereocenters. The van der Waals surface area contributed by atoms with E-state index in [9.17, 15) is 10.5 Å². The monoisotopic (exact) mass is 626 g/mol. The van der Waals surface area contributed by atoms with Gasteiger partial charge in [-0.2, -0.15) is 10.5 Å². The summed E-state index contributed by atoms with van der Waals surface area (Å²) in [6.45, 7) is 2.16. The fraction of sp³-hybridized carbons (Fsp3) is 0.0667. The van der Waals surface area contributed by atoms with Crippen LogP contribution in [0.3, 0.4) is 0 Å². The molecule has 0 fully saturated rings. The van der Waals surface area contributed by atoms with Gasteiger partial charge in [-0.15, -0.1) is 0 Å². The van der Waals surface area contributed by atoms with Crippen molar-refractivity contribution in [1.29, 1.82) is 10.5 Å². The molecule has 0 radical (unpaired) electrons. The fourth-order valence-corrected chi connectivity index (χ4v) is 7.93. The number of benzene rings is 6. The van der Waals surface area contributed by atoms with Gasteiger partial charge in [-0.3, -0.25) is 0 Å². The molecule has 6 aromatic carbocycles. The van der Waals surface area contributed by atoms with Gasteiger partial charge in [-0.25, -0.2) is 0 Å². The Labute approximate surface area is 285 Å². The third kappa shape index (κ3) is 4.43. The van der Waals surface area contributed by atoms with E-state index in [0.29, 0.717) is 22.6 Å². The van der Waals surface area contributed by atoms with Crippen molar-refractivity contribution in [3.8, 4) is 40.1 Å². The Hall–Kier alpha value is -6.62. The highest BCUT2D eigenvalue weighted by molar-refractivity contribution is 6.09. The average molecular weight is 627 g/mol. The predicted octanol–water partition coefficient (Wildman–Crippen LogP) is 10.9. The van der Waals surface area contributed by atoms with Crippen molar-refractivity contribution in [3.63, 3.8) is 0 Å². The Balaban J connectivity index is 1.14. The van der Waals surface area contributed by atoms with Crippen molar-refractivity contribution in [2.24, 2.45) is 0 Å². The van der Waals surface area contributed by atoms with Crippen LogP contribution in [-0.4, -0.2) is 10.6 Å². The maximum Gasteiger partial charge on any atom is 0.0999 e. The van der Waals surface area contributed by atoms with Gasteiger partial charge in [0.05, 0.1) is 40.3 Å². The molecule has 2 unspecified atom stereocenters. The molecule has 1 aromatic heterocycles. The molecular formula is C45H30N4. The van der Waals surface area contributed by atoms with E-state index in [2.05, 4.69) is 132 Å². The highest BCUT2D eigenvalue weighted by atomic mass is 15.2. The standard InChI is InChI=1S/C45H30N4/c1-29-18-23-44-39(24-29)38-13-5-9-17-43(38)49(44)40-14-6-2-10-35(40)30-19-21-31(22-20-30)45-32(27-46)25-34(26-33(45)28-47)48-41-15-7-3-11-36(41)37-12-4-8-16-42(37)48/h2-26,38,43H,1H3. The molecule has 4 nitrogen and oxygen atoms in total. The molecule has 1 aliphatic heterocycles. The third-order valence-electron chi connectivity index (χ3n) is 10.1. The number of nitrogens with zero attached hydrogens (tertiary/aromatic N) is 4. The van der Waals surface area contributed by atoms with Gasteiger partial charge in [0.15, 0.2) is 0 Å². The number of rotatable bonds is 4. The first-order chi connectivity index (χ1) is 24.1. The minimum absolute atomic E-state index is 0.201. The van der Waals surface area contributed by atoms with Crippen LogP contribution in [0.4, 0.5) is 11.4 Å². The lowest BCUT2D eigenvalue weighted by Gasteiger charge is -2.30. The molecular weight excluding hydrogens is 597 g/mol. The minimum Gasteiger partial charge on any atom is -0.333 e. The largest absolute Gasteiger partial charge is 0.333 e. The lowest BCUT2D eigenvalue weighted by Crippen LogP contribution is -2.28. The Kier molecular flexibility index (Phi) is 6.57. The van der Waals surface area contributed by atoms with Gasteiger partial charge >= 0.3 is 0 Å². The lowest BCUT2D eigenvalue weighted by molar-refractivity contribution is 0.745. The molecule has 49 heavy (non-hydrogen) atoms. The molecule has 2 heterocycles. The van der Waals surface area contributed by atoms with Crippen LogP contribution < -0.4 is 4.90 Å². The first kappa shape index (κ1) is 28.6. The average Bonchev–Trinajstić information content (AvgIpc) is 3.67. The van der Waals surface area contributed by atoms with Gasteiger partial charge in [-0.1, -0.05) is 121 Å².